The fourth-order valence-corrected chi connectivity index (χ4v) is 2.81. The van der Waals surface area contributed by atoms with Gasteiger partial charge in [-0.15, -0.1) is 0 Å². The summed E-state index contributed by atoms with van der Waals surface area (Å²) in [6, 6.07) is 11.9. The first-order chi connectivity index (χ1) is 11.1. The van der Waals surface area contributed by atoms with Gasteiger partial charge in [0.05, 0.1) is 12.6 Å². The molecule has 4 nitrogen and oxygen atoms in total. The number of hydrogen-bond donors (Lipinski definition) is 3. The fourth-order valence-electron chi connectivity index (χ4n) is 2.81. The number of aliphatic imine (C=N–C) groups is 1. The molecule has 3 rings (SSSR count). The van der Waals surface area contributed by atoms with E-state index >= 15 is 0 Å². The maximum atomic E-state index is 12.9. The standard InChI is InChI=1S/C18H20FN3O/c19-15-7-4-13(5-8-15)17(23)11-21-18(20)22-16-9-6-12-2-1-3-14(12)10-16/h4-10,17,23H,1-3,11H2,(H3,20,21,22). The molecule has 23 heavy (non-hydrogen) atoms. The van der Waals surface area contributed by atoms with Gasteiger partial charge in [0.25, 0.3) is 0 Å². The van der Waals surface area contributed by atoms with Crippen molar-refractivity contribution in [2.45, 2.75) is 25.4 Å². The van der Waals surface area contributed by atoms with Crippen molar-refractivity contribution in [2.75, 3.05) is 11.9 Å². The van der Waals surface area contributed by atoms with Crippen LogP contribution in [0.3, 0.4) is 0 Å². The minimum atomic E-state index is -0.809. The van der Waals surface area contributed by atoms with E-state index in [1.165, 1.54) is 29.7 Å². The summed E-state index contributed by atoms with van der Waals surface area (Å²) in [6.07, 6.45) is 2.64. The highest BCUT2D eigenvalue weighted by Gasteiger charge is 2.11. The lowest BCUT2D eigenvalue weighted by atomic mass is 10.1. The fraction of sp³-hybridized carbons (Fsp3) is 0.278. The van der Waals surface area contributed by atoms with Gasteiger partial charge in [0.15, 0.2) is 5.96 Å². The van der Waals surface area contributed by atoms with E-state index in [1.54, 1.807) is 12.1 Å². The number of nitrogens with one attached hydrogen (secondary N) is 1. The molecule has 0 amide bonds. The van der Waals surface area contributed by atoms with Gasteiger partial charge in [-0.05, 0) is 60.2 Å². The number of aliphatic hydroxyl groups excluding tert-OH is 1. The topological polar surface area (TPSA) is 70.6 Å². The van der Waals surface area contributed by atoms with Crippen molar-refractivity contribution in [3.8, 4) is 0 Å². The Hall–Kier alpha value is -2.40. The Morgan fingerprint density at radius 2 is 1.91 bits per heavy atom. The summed E-state index contributed by atoms with van der Waals surface area (Å²) in [4.78, 5) is 4.15. The van der Waals surface area contributed by atoms with E-state index in [-0.39, 0.29) is 18.3 Å². The number of fused-ring (bicyclic) bond motifs is 1. The average molecular weight is 313 g/mol. The molecule has 1 aliphatic carbocycles. The van der Waals surface area contributed by atoms with Crippen LogP contribution >= 0.6 is 0 Å². The van der Waals surface area contributed by atoms with E-state index in [1.807, 2.05) is 6.07 Å². The summed E-state index contributed by atoms with van der Waals surface area (Å²) in [6.45, 7) is 0.120. The lowest BCUT2D eigenvalue weighted by Crippen LogP contribution is -2.23. The van der Waals surface area contributed by atoms with Crippen LogP contribution in [0.15, 0.2) is 47.5 Å². The highest BCUT2D eigenvalue weighted by Crippen LogP contribution is 2.24. The largest absolute Gasteiger partial charge is 0.386 e. The molecule has 4 N–H and O–H groups in total. The van der Waals surface area contributed by atoms with Crippen LogP contribution in [0.5, 0.6) is 0 Å². The summed E-state index contributed by atoms with van der Waals surface area (Å²) < 4.78 is 12.9. The van der Waals surface area contributed by atoms with Gasteiger partial charge in [-0.25, -0.2) is 4.39 Å². The smallest absolute Gasteiger partial charge is 0.193 e. The number of benzene rings is 2. The van der Waals surface area contributed by atoms with Crippen LogP contribution in [0, 0.1) is 5.82 Å². The molecule has 0 aliphatic heterocycles. The van der Waals surface area contributed by atoms with Gasteiger partial charge in [0, 0.05) is 5.69 Å². The summed E-state index contributed by atoms with van der Waals surface area (Å²) in [5, 5.41) is 13.1. The van der Waals surface area contributed by atoms with E-state index in [0.29, 0.717) is 5.56 Å². The van der Waals surface area contributed by atoms with Gasteiger partial charge in [0.2, 0.25) is 0 Å². The first-order valence-electron chi connectivity index (χ1n) is 7.74. The maximum absolute atomic E-state index is 12.9. The predicted molar refractivity (Wildman–Crippen MR) is 89.9 cm³/mol. The van der Waals surface area contributed by atoms with Gasteiger partial charge >= 0.3 is 0 Å². The lowest BCUT2D eigenvalue weighted by molar-refractivity contribution is 0.187. The number of hydrogen-bond acceptors (Lipinski definition) is 2. The SMILES string of the molecule is NC(=NCC(O)c1ccc(F)cc1)Nc1ccc2c(c1)CCC2. The van der Waals surface area contributed by atoms with Gasteiger partial charge in [-0.2, -0.15) is 0 Å². The van der Waals surface area contributed by atoms with E-state index < -0.39 is 6.10 Å². The van der Waals surface area contributed by atoms with Crippen molar-refractivity contribution in [2.24, 2.45) is 10.7 Å². The first-order valence-corrected chi connectivity index (χ1v) is 7.74. The molecule has 1 atom stereocenters. The Bertz CT molecular complexity index is 713. The summed E-state index contributed by atoms with van der Waals surface area (Å²) in [7, 11) is 0. The zero-order valence-electron chi connectivity index (χ0n) is 12.8. The maximum Gasteiger partial charge on any atom is 0.193 e. The first kappa shape index (κ1) is 15.5. The molecule has 2 aromatic carbocycles. The highest BCUT2D eigenvalue weighted by molar-refractivity contribution is 5.92. The predicted octanol–water partition coefficient (Wildman–Crippen LogP) is 2.77. The minimum Gasteiger partial charge on any atom is -0.386 e. The quantitative estimate of drug-likeness (QED) is 0.600. The summed E-state index contributed by atoms with van der Waals surface area (Å²) in [5.74, 6) is -0.0775. The second kappa shape index (κ2) is 6.79. The van der Waals surface area contributed by atoms with Crippen molar-refractivity contribution in [3.63, 3.8) is 0 Å². The van der Waals surface area contributed by atoms with Crippen LogP contribution in [-0.2, 0) is 12.8 Å². The number of anilines is 1. The van der Waals surface area contributed by atoms with Gasteiger partial charge in [-0.3, -0.25) is 4.99 Å². The number of rotatable bonds is 4. The molecule has 0 bridgehead atoms. The minimum absolute atomic E-state index is 0.120. The van der Waals surface area contributed by atoms with E-state index in [0.717, 1.165) is 18.5 Å². The molecule has 1 aliphatic rings. The zero-order chi connectivity index (χ0) is 16.2. The molecule has 0 saturated carbocycles. The third kappa shape index (κ3) is 3.87. The third-order valence-corrected chi connectivity index (χ3v) is 4.06. The number of nitrogens with zero attached hydrogens (tertiary/aromatic N) is 1. The molecular weight excluding hydrogens is 293 g/mol. The van der Waals surface area contributed by atoms with Crippen LogP contribution in [0.2, 0.25) is 0 Å². The molecule has 2 aromatic rings. The zero-order valence-corrected chi connectivity index (χ0v) is 12.8. The lowest BCUT2D eigenvalue weighted by Gasteiger charge is -2.10. The Labute approximate surface area is 134 Å². The summed E-state index contributed by atoms with van der Waals surface area (Å²) in [5.41, 5.74) is 10.1. The number of guanidine groups is 1. The molecule has 0 saturated heterocycles. The molecule has 0 radical (unpaired) electrons. The van der Waals surface area contributed by atoms with Gasteiger partial charge < -0.3 is 16.2 Å². The van der Waals surface area contributed by atoms with Crippen molar-refractivity contribution in [3.05, 3.63) is 65.0 Å². The number of nitrogens with two attached hydrogens (primary N) is 1. The van der Waals surface area contributed by atoms with Crippen LogP contribution in [0.1, 0.15) is 29.2 Å². The van der Waals surface area contributed by atoms with Crippen LogP contribution < -0.4 is 11.1 Å². The molecule has 0 heterocycles. The second-order valence-electron chi connectivity index (χ2n) is 5.76. The Balaban J connectivity index is 1.60. The second-order valence-corrected chi connectivity index (χ2v) is 5.76. The normalized spacial score (nSPS) is 15.3. The van der Waals surface area contributed by atoms with Crippen molar-refractivity contribution < 1.29 is 9.50 Å². The Morgan fingerprint density at radius 3 is 2.70 bits per heavy atom. The number of aliphatic hydroxyl groups is 1. The van der Waals surface area contributed by atoms with Crippen molar-refractivity contribution in [1.82, 2.24) is 0 Å². The molecule has 5 heteroatoms. The average Bonchev–Trinajstić information content (AvgIpc) is 3.01. The molecular formula is C18H20FN3O. The Morgan fingerprint density at radius 1 is 1.17 bits per heavy atom. The Kier molecular flexibility index (Phi) is 4.57. The van der Waals surface area contributed by atoms with Crippen molar-refractivity contribution in [1.29, 1.82) is 0 Å². The van der Waals surface area contributed by atoms with Crippen LogP contribution in [0.4, 0.5) is 10.1 Å². The van der Waals surface area contributed by atoms with E-state index in [4.69, 9.17) is 5.73 Å². The molecule has 1 unspecified atom stereocenters. The number of aryl methyl sites for hydroxylation is 2. The molecule has 120 valence electrons. The summed E-state index contributed by atoms with van der Waals surface area (Å²) >= 11 is 0. The molecule has 0 fully saturated rings. The molecule has 0 aromatic heterocycles. The van der Waals surface area contributed by atoms with Crippen LogP contribution in [-0.4, -0.2) is 17.6 Å². The van der Waals surface area contributed by atoms with E-state index in [9.17, 15) is 9.50 Å². The van der Waals surface area contributed by atoms with Crippen LogP contribution in [0.25, 0.3) is 0 Å². The molecule has 0 spiro atoms. The monoisotopic (exact) mass is 313 g/mol. The highest BCUT2D eigenvalue weighted by atomic mass is 19.1. The third-order valence-electron chi connectivity index (χ3n) is 4.06. The van der Waals surface area contributed by atoms with Gasteiger partial charge in [-0.1, -0.05) is 18.2 Å². The van der Waals surface area contributed by atoms with Crippen molar-refractivity contribution >= 4 is 11.6 Å². The van der Waals surface area contributed by atoms with E-state index in [2.05, 4.69) is 22.4 Å². The number of halogens is 1. The van der Waals surface area contributed by atoms with Gasteiger partial charge in [0.1, 0.15) is 5.82 Å².